The van der Waals surface area contributed by atoms with Gasteiger partial charge in [-0.15, -0.1) is 10.2 Å². The van der Waals surface area contributed by atoms with Crippen LogP contribution in [0.25, 0.3) is 0 Å². The van der Waals surface area contributed by atoms with Crippen molar-refractivity contribution in [3.05, 3.63) is 35.7 Å². The minimum Gasteiger partial charge on any atom is -0.484 e. The number of piperidine rings is 1. The number of thioether (sulfide) groups is 1. The number of carbonyl (C=O) groups is 1. The van der Waals surface area contributed by atoms with E-state index in [9.17, 15) is 4.79 Å². The fraction of sp³-hybridized carbons (Fsp3) is 0.500. The van der Waals surface area contributed by atoms with Gasteiger partial charge >= 0.3 is 0 Å². The number of amides is 1. The summed E-state index contributed by atoms with van der Waals surface area (Å²) in [5, 5.41) is 8.34. The van der Waals surface area contributed by atoms with Crippen LogP contribution in [0.2, 0.25) is 0 Å². The van der Waals surface area contributed by atoms with Crippen molar-refractivity contribution in [3.63, 3.8) is 0 Å². The average molecular weight is 361 g/mol. The Balaban J connectivity index is 1.44. The second-order valence-corrected chi connectivity index (χ2v) is 6.90. The zero-order chi connectivity index (χ0) is 17.5. The predicted molar refractivity (Wildman–Crippen MR) is 95.6 cm³/mol. The fourth-order valence-corrected chi connectivity index (χ4v) is 3.36. The van der Waals surface area contributed by atoms with Gasteiger partial charge in [0.15, 0.2) is 6.61 Å². The van der Waals surface area contributed by atoms with E-state index in [0.29, 0.717) is 16.9 Å². The number of likely N-dealkylation sites (tertiary alicyclic amines) is 1. The monoisotopic (exact) mass is 361 g/mol. The van der Waals surface area contributed by atoms with Gasteiger partial charge in [0.1, 0.15) is 5.75 Å². The average Bonchev–Trinajstić information content (AvgIpc) is 3.13. The molecule has 1 fully saturated rings. The van der Waals surface area contributed by atoms with E-state index in [2.05, 4.69) is 17.1 Å². The third-order valence-electron chi connectivity index (χ3n) is 4.17. The van der Waals surface area contributed by atoms with Crippen molar-refractivity contribution in [2.75, 3.05) is 18.8 Å². The SMILES string of the molecule is CCc1ccc(OCc2nnc(SCC(=O)N3CCCCC3)o2)cc1. The molecular weight excluding hydrogens is 338 g/mol. The lowest BCUT2D eigenvalue weighted by Gasteiger charge is -2.26. The Labute approximate surface area is 151 Å². The summed E-state index contributed by atoms with van der Waals surface area (Å²) in [4.78, 5) is 14.0. The van der Waals surface area contributed by atoms with Crippen molar-refractivity contribution in [2.24, 2.45) is 0 Å². The molecule has 0 radical (unpaired) electrons. The van der Waals surface area contributed by atoms with Gasteiger partial charge < -0.3 is 14.1 Å². The summed E-state index contributed by atoms with van der Waals surface area (Å²) < 4.78 is 11.2. The molecule has 1 aromatic carbocycles. The molecule has 7 heteroatoms. The molecule has 1 amide bonds. The van der Waals surface area contributed by atoms with Crippen LogP contribution >= 0.6 is 11.8 Å². The number of hydrogen-bond donors (Lipinski definition) is 0. The molecule has 1 aliphatic heterocycles. The zero-order valence-corrected chi connectivity index (χ0v) is 15.3. The van der Waals surface area contributed by atoms with Crippen LogP contribution < -0.4 is 4.74 Å². The molecule has 0 N–H and O–H groups in total. The van der Waals surface area contributed by atoms with Gasteiger partial charge in [0, 0.05) is 13.1 Å². The van der Waals surface area contributed by atoms with Gasteiger partial charge in [-0.3, -0.25) is 4.79 Å². The van der Waals surface area contributed by atoms with Gasteiger partial charge in [-0.1, -0.05) is 30.8 Å². The molecule has 0 atom stereocenters. The third-order valence-corrected chi connectivity index (χ3v) is 4.97. The van der Waals surface area contributed by atoms with Crippen molar-refractivity contribution in [2.45, 2.75) is 44.4 Å². The van der Waals surface area contributed by atoms with Gasteiger partial charge in [0.2, 0.25) is 5.91 Å². The lowest BCUT2D eigenvalue weighted by molar-refractivity contribution is -0.129. The molecule has 6 nitrogen and oxygen atoms in total. The first-order chi connectivity index (χ1) is 12.2. The van der Waals surface area contributed by atoms with Crippen LogP contribution in [-0.2, 0) is 17.8 Å². The maximum absolute atomic E-state index is 12.1. The Bertz CT molecular complexity index is 681. The summed E-state index contributed by atoms with van der Waals surface area (Å²) in [5.41, 5.74) is 1.27. The van der Waals surface area contributed by atoms with Gasteiger partial charge in [0.05, 0.1) is 5.75 Å². The number of benzene rings is 1. The molecule has 1 saturated heterocycles. The van der Waals surface area contributed by atoms with Crippen LogP contribution in [0, 0.1) is 0 Å². The van der Waals surface area contributed by atoms with E-state index in [1.807, 2.05) is 29.2 Å². The molecule has 3 rings (SSSR count). The Morgan fingerprint density at radius 1 is 1.20 bits per heavy atom. The summed E-state index contributed by atoms with van der Waals surface area (Å²) in [5.74, 6) is 1.65. The standard InChI is InChI=1S/C18H23N3O3S/c1-2-14-6-8-15(9-7-14)23-12-16-19-20-18(24-16)25-13-17(22)21-10-4-3-5-11-21/h6-9H,2-5,10-13H2,1H3. The van der Waals surface area contributed by atoms with Gasteiger partial charge in [0.25, 0.3) is 11.1 Å². The number of aryl methyl sites for hydroxylation is 1. The van der Waals surface area contributed by atoms with E-state index in [1.165, 1.54) is 23.7 Å². The van der Waals surface area contributed by atoms with E-state index in [-0.39, 0.29) is 12.5 Å². The van der Waals surface area contributed by atoms with Gasteiger partial charge in [-0.25, -0.2) is 0 Å². The Morgan fingerprint density at radius 2 is 1.96 bits per heavy atom. The number of rotatable bonds is 7. The van der Waals surface area contributed by atoms with Crippen LogP contribution in [0.3, 0.4) is 0 Å². The topological polar surface area (TPSA) is 68.5 Å². The first-order valence-electron chi connectivity index (χ1n) is 8.69. The van der Waals surface area contributed by atoms with Crippen LogP contribution in [0.15, 0.2) is 33.9 Å². The smallest absolute Gasteiger partial charge is 0.277 e. The second-order valence-electron chi connectivity index (χ2n) is 5.98. The van der Waals surface area contributed by atoms with Crippen LogP contribution in [0.1, 0.15) is 37.6 Å². The maximum Gasteiger partial charge on any atom is 0.277 e. The number of aromatic nitrogens is 2. The summed E-state index contributed by atoms with van der Waals surface area (Å²) in [7, 11) is 0. The van der Waals surface area contributed by atoms with E-state index >= 15 is 0 Å². The lowest BCUT2D eigenvalue weighted by atomic mass is 10.1. The normalized spacial score (nSPS) is 14.5. The molecule has 2 aromatic rings. The third kappa shape index (κ3) is 5.22. The van der Waals surface area contributed by atoms with Gasteiger partial charge in [-0.2, -0.15) is 0 Å². The molecule has 0 saturated carbocycles. The maximum atomic E-state index is 12.1. The van der Waals surface area contributed by atoms with Gasteiger partial charge in [-0.05, 0) is 43.4 Å². The zero-order valence-electron chi connectivity index (χ0n) is 14.4. The molecule has 134 valence electrons. The van der Waals surface area contributed by atoms with E-state index in [0.717, 1.165) is 38.1 Å². The number of hydrogen-bond acceptors (Lipinski definition) is 6. The predicted octanol–water partition coefficient (Wildman–Crippen LogP) is 3.32. The van der Waals surface area contributed by atoms with Crippen molar-refractivity contribution >= 4 is 17.7 Å². The highest BCUT2D eigenvalue weighted by atomic mass is 32.2. The lowest BCUT2D eigenvalue weighted by Crippen LogP contribution is -2.36. The van der Waals surface area contributed by atoms with Crippen LogP contribution in [0.4, 0.5) is 0 Å². The van der Waals surface area contributed by atoms with Crippen molar-refractivity contribution in [3.8, 4) is 5.75 Å². The quantitative estimate of drug-likeness (QED) is 0.705. The molecular formula is C18H23N3O3S. The van der Waals surface area contributed by atoms with Crippen molar-refractivity contribution in [1.29, 1.82) is 0 Å². The summed E-state index contributed by atoms with van der Waals surface area (Å²) >= 11 is 1.28. The van der Waals surface area contributed by atoms with Crippen molar-refractivity contribution < 1.29 is 13.9 Å². The number of carbonyl (C=O) groups excluding carboxylic acids is 1. The first kappa shape index (κ1) is 17.8. The number of nitrogens with zero attached hydrogens (tertiary/aromatic N) is 3. The molecule has 1 aliphatic rings. The van der Waals surface area contributed by atoms with Crippen molar-refractivity contribution in [1.82, 2.24) is 15.1 Å². The first-order valence-corrected chi connectivity index (χ1v) is 9.68. The van der Waals surface area contributed by atoms with E-state index in [1.54, 1.807) is 0 Å². The van der Waals surface area contributed by atoms with Crippen LogP contribution in [-0.4, -0.2) is 39.8 Å². The second kappa shape index (κ2) is 8.89. The molecule has 0 aliphatic carbocycles. The van der Waals surface area contributed by atoms with E-state index < -0.39 is 0 Å². The highest BCUT2D eigenvalue weighted by molar-refractivity contribution is 7.99. The largest absolute Gasteiger partial charge is 0.484 e. The van der Waals surface area contributed by atoms with Crippen LogP contribution in [0.5, 0.6) is 5.75 Å². The Hall–Kier alpha value is -2.02. The summed E-state index contributed by atoms with van der Waals surface area (Å²) in [6.45, 7) is 4.06. The Kier molecular flexibility index (Phi) is 6.33. The molecule has 0 spiro atoms. The molecule has 0 unspecified atom stereocenters. The minimum atomic E-state index is 0.136. The molecule has 0 bridgehead atoms. The van der Waals surface area contributed by atoms with E-state index in [4.69, 9.17) is 9.15 Å². The highest BCUT2D eigenvalue weighted by Gasteiger charge is 2.18. The Morgan fingerprint density at radius 3 is 2.68 bits per heavy atom. The molecule has 2 heterocycles. The molecule has 25 heavy (non-hydrogen) atoms. The summed E-state index contributed by atoms with van der Waals surface area (Å²) in [6.07, 6.45) is 4.40. The molecule has 1 aromatic heterocycles. The fourth-order valence-electron chi connectivity index (χ4n) is 2.68. The minimum absolute atomic E-state index is 0.136. The number of ether oxygens (including phenoxy) is 1. The highest BCUT2D eigenvalue weighted by Crippen LogP contribution is 2.19. The summed E-state index contributed by atoms with van der Waals surface area (Å²) in [6, 6.07) is 7.94.